The van der Waals surface area contributed by atoms with Crippen LogP contribution >= 0.6 is 0 Å². The highest BCUT2D eigenvalue weighted by atomic mass is 16.5. The van der Waals surface area contributed by atoms with Crippen LogP contribution in [-0.2, 0) is 0 Å². The first-order valence-corrected chi connectivity index (χ1v) is 6.14. The third-order valence-corrected chi connectivity index (χ3v) is 2.94. The van der Waals surface area contributed by atoms with Gasteiger partial charge in [0.05, 0.1) is 0 Å². The topological polar surface area (TPSA) is 83.6 Å². The number of unbranched alkanes of at least 4 members (excludes halogenated alkanes) is 1. The molecule has 2 rings (SSSR count). The van der Waals surface area contributed by atoms with Crippen molar-refractivity contribution in [3.8, 4) is 0 Å². The van der Waals surface area contributed by atoms with Crippen LogP contribution in [0.5, 0.6) is 0 Å². The lowest BCUT2D eigenvalue weighted by Crippen LogP contribution is -2.34. The van der Waals surface area contributed by atoms with Gasteiger partial charge in [-0.1, -0.05) is 18.5 Å². The molecule has 0 bridgehead atoms. The molecule has 6 nitrogen and oxygen atoms in total. The van der Waals surface area contributed by atoms with Gasteiger partial charge >= 0.3 is 5.97 Å². The Morgan fingerprint density at radius 3 is 2.78 bits per heavy atom. The second-order valence-corrected chi connectivity index (χ2v) is 4.46. The lowest BCUT2D eigenvalue weighted by Gasteiger charge is -2.20. The fraction of sp³-hybridized carbons (Fsp3) is 0.583. The number of amides is 1. The second-order valence-electron chi connectivity index (χ2n) is 4.46. The summed E-state index contributed by atoms with van der Waals surface area (Å²) in [6, 6.07) is 1.47. The number of carbonyl (C=O) groups excluding carboxylic acids is 1. The van der Waals surface area contributed by atoms with E-state index in [9.17, 15) is 9.59 Å². The van der Waals surface area contributed by atoms with Gasteiger partial charge in [-0.2, -0.15) is 0 Å². The molecule has 0 saturated heterocycles. The first kappa shape index (κ1) is 12.6. The minimum Gasteiger partial charge on any atom is -0.475 e. The summed E-state index contributed by atoms with van der Waals surface area (Å²) < 4.78 is 4.60. The van der Waals surface area contributed by atoms with Crippen molar-refractivity contribution in [2.75, 3.05) is 6.54 Å². The van der Waals surface area contributed by atoms with Gasteiger partial charge in [0.25, 0.3) is 5.91 Å². The average Bonchev–Trinajstić information content (AvgIpc) is 3.05. The molecule has 1 fully saturated rings. The van der Waals surface area contributed by atoms with Gasteiger partial charge in [0, 0.05) is 18.7 Å². The molecule has 0 unspecified atom stereocenters. The fourth-order valence-corrected chi connectivity index (χ4v) is 1.79. The molecule has 0 spiro atoms. The molecule has 1 aromatic heterocycles. The molecule has 1 amide bonds. The van der Waals surface area contributed by atoms with E-state index in [4.69, 9.17) is 5.11 Å². The van der Waals surface area contributed by atoms with Crippen LogP contribution in [0.15, 0.2) is 10.6 Å². The summed E-state index contributed by atoms with van der Waals surface area (Å²) in [5.41, 5.74) is 0.0791. The molecule has 1 saturated carbocycles. The number of carboxylic acids is 1. The first-order chi connectivity index (χ1) is 8.63. The number of aromatic carboxylic acids is 1. The molecule has 0 aliphatic heterocycles. The van der Waals surface area contributed by atoms with Crippen molar-refractivity contribution in [3.63, 3.8) is 0 Å². The highest BCUT2D eigenvalue weighted by Gasteiger charge is 2.34. The van der Waals surface area contributed by atoms with Crippen molar-refractivity contribution in [2.45, 2.75) is 38.6 Å². The average molecular weight is 252 g/mol. The predicted molar refractivity (Wildman–Crippen MR) is 62.4 cm³/mol. The number of hydrogen-bond acceptors (Lipinski definition) is 4. The number of carboxylic acid groups (broad SMARTS) is 1. The summed E-state index contributed by atoms with van der Waals surface area (Å²) in [7, 11) is 0. The van der Waals surface area contributed by atoms with E-state index >= 15 is 0 Å². The third-order valence-electron chi connectivity index (χ3n) is 2.94. The maximum atomic E-state index is 12.2. The Hall–Kier alpha value is -1.85. The van der Waals surface area contributed by atoms with Crippen molar-refractivity contribution in [3.05, 3.63) is 17.5 Å². The number of hydrogen-bond donors (Lipinski definition) is 1. The van der Waals surface area contributed by atoms with E-state index in [0.717, 1.165) is 25.7 Å². The van der Waals surface area contributed by atoms with Crippen molar-refractivity contribution < 1.29 is 19.2 Å². The van der Waals surface area contributed by atoms with Crippen molar-refractivity contribution in [1.29, 1.82) is 0 Å². The summed E-state index contributed by atoms with van der Waals surface area (Å²) in [6.07, 6.45) is 3.97. The Balaban J connectivity index is 2.09. The van der Waals surface area contributed by atoms with E-state index < -0.39 is 5.97 Å². The van der Waals surface area contributed by atoms with Crippen molar-refractivity contribution in [1.82, 2.24) is 10.1 Å². The van der Waals surface area contributed by atoms with Gasteiger partial charge < -0.3 is 14.5 Å². The molecule has 1 heterocycles. The molecule has 6 heteroatoms. The monoisotopic (exact) mass is 252 g/mol. The minimum absolute atomic E-state index is 0.0791. The van der Waals surface area contributed by atoms with Crippen LogP contribution in [0.3, 0.4) is 0 Å². The first-order valence-electron chi connectivity index (χ1n) is 6.14. The quantitative estimate of drug-likeness (QED) is 0.834. The van der Waals surface area contributed by atoms with Gasteiger partial charge in [-0.15, -0.1) is 0 Å². The second kappa shape index (κ2) is 5.20. The van der Waals surface area contributed by atoms with E-state index in [0.29, 0.717) is 6.54 Å². The third kappa shape index (κ3) is 2.69. The normalized spacial score (nSPS) is 14.5. The van der Waals surface area contributed by atoms with Crippen LogP contribution in [0.4, 0.5) is 0 Å². The van der Waals surface area contributed by atoms with Gasteiger partial charge in [-0.3, -0.25) is 4.79 Å². The summed E-state index contributed by atoms with van der Waals surface area (Å²) in [5.74, 6) is -1.75. The number of carbonyl (C=O) groups is 2. The Morgan fingerprint density at radius 1 is 1.56 bits per heavy atom. The summed E-state index contributed by atoms with van der Waals surface area (Å²) >= 11 is 0. The summed E-state index contributed by atoms with van der Waals surface area (Å²) in [4.78, 5) is 24.6. The van der Waals surface area contributed by atoms with Crippen molar-refractivity contribution in [2.24, 2.45) is 0 Å². The Labute approximate surface area is 105 Å². The molecular formula is C12H16N2O4. The van der Waals surface area contributed by atoms with E-state index in [1.165, 1.54) is 6.07 Å². The molecule has 98 valence electrons. The van der Waals surface area contributed by atoms with E-state index in [2.05, 4.69) is 16.6 Å². The number of rotatable bonds is 6. The van der Waals surface area contributed by atoms with E-state index in [-0.39, 0.29) is 23.4 Å². The summed E-state index contributed by atoms with van der Waals surface area (Å²) in [5, 5.41) is 12.3. The molecule has 1 aliphatic carbocycles. The zero-order valence-corrected chi connectivity index (χ0v) is 10.3. The Morgan fingerprint density at radius 2 is 2.28 bits per heavy atom. The van der Waals surface area contributed by atoms with Crippen LogP contribution in [0, 0.1) is 0 Å². The molecule has 0 aromatic carbocycles. The van der Waals surface area contributed by atoms with Crippen LogP contribution in [0.25, 0.3) is 0 Å². The van der Waals surface area contributed by atoms with Gasteiger partial charge in [0.15, 0.2) is 5.69 Å². The van der Waals surface area contributed by atoms with Gasteiger partial charge in [0.2, 0.25) is 5.76 Å². The maximum absolute atomic E-state index is 12.2. The molecule has 1 aromatic rings. The number of aromatic nitrogens is 1. The molecule has 0 radical (unpaired) electrons. The van der Waals surface area contributed by atoms with Crippen LogP contribution in [-0.4, -0.2) is 39.6 Å². The Bertz CT molecular complexity index is 451. The molecule has 1 N–H and O–H groups in total. The molecule has 1 aliphatic rings. The van der Waals surface area contributed by atoms with Crippen LogP contribution in [0.2, 0.25) is 0 Å². The minimum atomic E-state index is -1.21. The zero-order chi connectivity index (χ0) is 13.1. The highest BCUT2D eigenvalue weighted by Crippen LogP contribution is 2.28. The van der Waals surface area contributed by atoms with Crippen molar-refractivity contribution >= 4 is 11.9 Å². The SMILES string of the molecule is CCCCN(C(=O)c1cc(C(=O)O)on1)C1CC1. The predicted octanol–water partition coefficient (Wildman–Crippen LogP) is 1.78. The van der Waals surface area contributed by atoms with E-state index in [1.54, 1.807) is 4.90 Å². The zero-order valence-electron chi connectivity index (χ0n) is 10.3. The summed E-state index contributed by atoms with van der Waals surface area (Å²) in [6.45, 7) is 2.75. The fourth-order valence-electron chi connectivity index (χ4n) is 1.79. The maximum Gasteiger partial charge on any atom is 0.374 e. The molecular weight excluding hydrogens is 236 g/mol. The van der Waals surface area contributed by atoms with Gasteiger partial charge in [-0.05, 0) is 19.3 Å². The highest BCUT2D eigenvalue weighted by molar-refractivity contribution is 5.95. The Kier molecular flexibility index (Phi) is 3.64. The van der Waals surface area contributed by atoms with Crippen LogP contribution < -0.4 is 0 Å². The van der Waals surface area contributed by atoms with Crippen LogP contribution in [0.1, 0.15) is 53.7 Å². The van der Waals surface area contributed by atoms with Gasteiger partial charge in [0.1, 0.15) is 0 Å². The van der Waals surface area contributed by atoms with Gasteiger partial charge in [-0.25, -0.2) is 4.79 Å². The number of nitrogens with zero attached hydrogens (tertiary/aromatic N) is 2. The molecule has 0 atom stereocenters. The smallest absolute Gasteiger partial charge is 0.374 e. The largest absolute Gasteiger partial charge is 0.475 e. The van der Waals surface area contributed by atoms with E-state index in [1.807, 2.05) is 0 Å². The molecule has 18 heavy (non-hydrogen) atoms. The lowest BCUT2D eigenvalue weighted by molar-refractivity contribution is 0.0647. The lowest BCUT2D eigenvalue weighted by atomic mass is 10.2. The standard InChI is InChI=1S/C12H16N2O4/c1-2-3-6-14(8-4-5-8)11(15)9-7-10(12(16)17)18-13-9/h7-8H,2-6H2,1H3,(H,16,17).